The Balaban J connectivity index is 1.90. The number of aliphatic hydroxyl groups excluding tert-OH is 1. The molecule has 0 radical (unpaired) electrons. The molecule has 1 aliphatic rings. The average Bonchev–Trinajstić information content (AvgIpc) is 2.64. The van der Waals surface area contributed by atoms with E-state index in [4.69, 9.17) is 0 Å². The third-order valence-corrected chi connectivity index (χ3v) is 5.48. The van der Waals surface area contributed by atoms with Crippen molar-refractivity contribution in [2.75, 3.05) is 19.6 Å². The first kappa shape index (κ1) is 19.5. The molecule has 2 nitrogen and oxygen atoms in total. The molecule has 0 spiro atoms. The average molecular weight is 332 g/mol. The van der Waals surface area contributed by atoms with Gasteiger partial charge in [-0.3, -0.25) is 0 Å². The predicted octanol–water partition coefficient (Wildman–Crippen LogP) is 5.67. The fraction of sp³-hybridized carbons (Fsp3) is 0.727. The first-order valence-corrected chi connectivity index (χ1v) is 10.2. The van der Waals surface area contributed by atoms with Gasteiger partial charge in [-0.2, -0.15) is 0 Å². The van der Waals surface area contributed by atoms with Crippen molar-refractivity contribution in [1.29, 1.82) is 0 Å². The van der Waals surface area contributed by atoms with E-state index in [1.165, 1.54) is 63.4 Å². The Hall–Kier alpha value is -0.860. The first-order chi connectivity index (χ1) is 11.7. The number of rotatable bonds is 10. The van der Waals surface area contributed by atoms with Crippen LogP contribution >= 0.6 is 0 Å². The summed E-state index contributed by atoms with van der Waals surface area (Å²) in [7, 11) is 0. The van der Waals surface area contributed by atoms with Crippen LogP contribution in [0.15, 0.2) is 24.3 Å². The van der Waals surface area contributed by atoms with E-state index in [0.29, 0.717) is 0 Å². The number of aliphatic hydroxyl groups is 1. The van der Waals surface area contributed by atoms with Crippen molar-refractivity contribution in [3.05, 3.63) is 35.4 Å². The summed E-state index contributed by atoms with van der Waals surface area (Å²) < 4.78 is 0. The summed E-state index contributed by atoms with van der Waals surface area (Å²) in [5, 5.41) is 10.6. The SMILES string of the molecule is CCCCN(CCCC)C[C@@H](O)c1ccc(C2CCCCC2)cc1. The second-order valence-corrected chi connectivity index (χ2v) is 7.53. The molecule has 1 aromatic carbocycles. The van der Waals surface area contributed by atoms with Gasteiger partial charge in [0.05, 0.1) is 6.10 Å². The van der Waals surface area contributed by atoms with Crippen LogP contribution in [0.2, 0.25) is 0 Å². The lowest BCUT2D eigenvalue weighted by atomic mass is 9.84. The number of hydrogen-bond donors (Lipinski definition) is 1. The Morgan fingerprint density at radius 3 is 2.08 bits per heavy atom. The quantitative estimate of drug-likeness (QED) is 0.597. The Kier molecular flexibility index (Phi) is 8.83. The van der Waals surface area contributed by atoms with Crippen molar-refractivity contribution in [3.63, 3.8) is 0 Å². The van der Waals surface area contributed by atoms with Crippen LogP contribution in [0.25, 0.3) is 0 Å². The largest absolute Gasteiger partial charge is 0.387 e. The lowest BCUT2D eigenvalue weighted by Gasteiger charge is -2.26. The van der Waals surface area contributed by atoms with Gasteiger partial charge in [0.15, 0.2) is 0 Å². The number of unbranched alkanes of at least 4 members (excludes halogenated alkanes) is 2. The van der Waals surface area contributed by atoms with Gasteiger partial charge in [0.1, 0.15) is 0 Å². The summed E-state index contributed by atoms with van der Waals surface area (Å²) in [4.78, 5) is 2.44. The number of nitrogens with zero attached hydrogens (tertiary/aromatic N) is 1. The smallest absolute Gasteiger partial charge is 0.0916 e. The highest BCUT2D eigenvalue weighted by atomic mass is 16.3. The van der Waals surface area contributed by atoms with Crippen LogP contribution in [0.1, 0.15) is 94.8 Å². The highest BCUT2D eigenvalue weighted by Gasteiger charge is 2.17. The minimum atomic E-state index is -0.362. The van der Waals surface area contributed by atoms with Gasteiger partial charge in [0, 0.05) is 6.54 Å². The summed E-state index contributed by atoms with van der Waals surface area (Å²) in [5.41, 5.74) is 2.55. The third-order valence-electron chi connectivity index (χ3n) is 5.48. The van der Waals surface area contributed by atoms with Gasteiger partial charge in [-0.1, -0.05) is 70.2 Å². The van der Waals surface area contributed by atoms with Crippen molar-refractivity contribution in [1.82, 2.24) is 4.90 Å². The van der Waals surface area contributed by atoms with Gasteiger partial charge in [0.2, 0.25) is 0 Å². The minimum absolute atomic E-state index is 0.362. The maximum atomic E-state index is 10.6. The minimum Gasteiger partial charge on any atom is -0.387 e. The van der Waals surface area contributed by atoms with Gasteiger partial charge in [-0.15, -0.1) is 0 Å². The highest BCUT2D eigenvalue weighted by molar-refractivity contribution is 5.27. The van der Waals surface area contributed by atoms with E-state index >= 15 is 0 Å². The molecule has 1 aromatic rings. The van der Waals surface area contributed by atoms with E-state index in [2.05, 4.69) is 43.0 Å². The standard InChI is InChI=1S/C22H37NO/c1-3-5-16-23(17-6-4-2)18-22(24)21-14-12-20(13-15-21)19-10-8-7-9-11-19/h12-15,19,22,24H,3-11,16-18H2,1-2H3/t22-/m1/s1. The summed E-state index contributed by atoms with van der Waals surface area (Å²) in [6, 6.07) is 8.84. The van der Waals surface area contributed by atoms with Crippen LogP contribution < -0.4 is 0 Å². The van der Waals surface area contributed by atoms with E-state index in [1.54, 1.807) is 0 Å². The highest BCUT2D eigenvalue weighted by Crippen LogP contribution is 2.33. The zero-order valence-electron chi connectivity index (χ0n) is 15.8. The maximum Gasteiger partial charge on any atom is 0.0916 e. The molecule has 136 valence electrons. The van der Waals surface area contributed by atoms with Crippen LogP contribution in [-0.2, 0) is 0 Å². The topological polar surface area (TPSA) is 23.5 Å². The second-order valence-electron chi connectivity index (χ2n) is 7.53. The van der Waals surface area contributed by atoms with Crippen LogP contribution in [0, 0.1) is 0 Å². The van der Waals surface area contributed by atoms with Gasteiger partial charge < -0.3 is 10.0 Å². The summed E-state index contributed by atoms with van der Waals surface area (Å²) in [6.45, 7) is 7.45. The fourth-order valence-electron chi connectivity index (χ4n) is 3.83. The van der Waals surface area contributed by atoms with Crippen molar-refractivity contribution in [3.8, 4) is 0 Å². The molecule has 0 aromatic heterocycles. The molecule has 0 unspecified atom stereocenters. The van der Waals surface area contributed by atoms with Crippen LogP contribution in [0.3, 0.4) is 0 Å². The predicted molar refractivity (Wildman–Crippen MR) is 103 cm³/mol. The molecule has 2 heteroatoms. The van der Waals surface area contributed by atoms with Crippen LogP contribution in [-0.4, -0.2) is 29.6 Å². The zero-order valence-corrected chi connectivity index (χ0v) is 15.8. The molecule has 2 rings (SSSR count). The second kappa shape index (κ2) is 10.9. The first-order valence-electron chi connectivity index (χ1n) is 10.2. The van der Waals surface area contributed by atoms with Crippen LogP contribution in [0.4, 0.5) is 0 Å². The molecule has 0 bridgehead atoms. The molecule has 0 amide bonds. The third kappa shape index (κ3) is 6.22. The summed E-state index contributed by atoms with van der Waals surface area (Å²) in [6.07, 6.45) is 11.3. The maximum absolute atomic E-state index is 10.6. The number of hydrogen-bond acceptors (Lipinski definition) is 2. The lowest BCUT2D eigenvalue weighted by molar-refractivity contribution is 0.111. The molecule has 0 saturated heterocycles. The normalized spacial score (nSPS) is 17.3. The molecular weight excluding hydrogens is 294 g/mol. The van der Waals surface area contributed by atoms with E-state index in [0.717, 1.165) is 31.1 Å². The molecule has 1 atom stereocenters. The molecule has 1 saturated carbocycles. The van der Waals surface area contributed by atoms with Gasteiger partial charge in [-0.05, 0) is 55.8 Å². The van der Waals surface area contributed by atoms with Crippen LogP contribution in [0.5, 0.6) is 0 Å². The molecule has 1 fully saturated rings. The van der Waals surface area contributed by atoms with Crippen molar-refractivity contribution < 1.29 is 5.11 Å². The Bertz CT molecular complexity index is 428. The van der Waals surface area contributed by atoms with Crippen molar-refractivity contribution >= 4 is 0 Å². The van der Waals surface area contributed by atoms with Crippen molar-refractivity contribution in [2.45, 2.75) is 83.7 Å². The molecule has 24 heavy (non-hydrogen) atoms. The molecule has 1 aliphatic carbocycles. The zero-order chi connectivity index (χ0) is 17.2. The van der Waals surface area contributed by atoms with E-state index in [-0.39, 0.29) is 6.10 Å². The van der Waals surface area contributed by atoms with Gasteiger partial charge in [0.25, 0.3) is 0 Å². The van der Waals surface area contributed by atoms with Crippen molar-refractivity contribution in [2.24, 2.45) is 0 Å². The molecule has 0 aliphatic heterocycles. The fourth-order valence-corrected chi connectivity index (χ4v) is 3.83. The summed E-state index contributed by atoms with van der Waals surface area (Å²) in [5.74, 6) is 0.746. The summed E-state index contributed by atoms with van der Waals surface area (Å²) >= 11 is 0. The monoisotopic (exact) mass is 331 g/mol. The lowest BCUT2D eigenvalue weighted by Crippen LogP contribution is -2.30. The number of benzene rings is 1. The van der Waals surface area contributed by atoms with E-state index < -0.39 is 0 Å². The van der Waals surface area contributed by atoms with Gasteiger partial charge in [-0.25, -0.2) is 0 Å². The van der Waals surface area contributed by atoms with Gasteiger partial charge >= 0.3 is 0 Å². The molecular formula is C22H37NO. The Morgan fingerprint density at radius 1 is 0.958 bits per heavy atom. The Morgan fingerprint density at radius 2 is 1.54 bits per heavy atom. The Labute approximate surface area is 149 Å². The molecule has 0 heterocycles. The van der Waals surface area contributed by atoms with E-state index in [9.17, 15) is 5.11 Å². The van der Waals surface area contributed by atoms with E-state index in [1.807, 2.05) is 0 Å². The molecule has 1 N–H and O–H groups in total.